The van der Waals surface area contributed by atoms with Crippen molar-refractivity contribution in [3.63, 3.8) is 0 Å². The first-order chi connectivity index (χ1) is 9.84. The SMILES string of the molecule is CC(C)(C)c1nc(C(O)c2cc3cc(Cl)ccc3o2)cs1. The number of nitrogens with zero attached hydrogens (tertiary/aromatic N) is 1. The standard InChI is InChI=1S/C16H16ClNO2S/c1-16(2,3)15-18-11(8-21-15)14(19)13-7-9-6-10(17)4-5-12(9)20-13/h4-8,14,19H,1-3H3. The molecule has 1 N–H and O–H groups in total. The summed E-state index contributed by atoms with van der Waals surface area (Å²) in [6, 6.07) is 7.19. The fourth-order valence-corrected chi connectivity index (χ4v) is 3.18. The van der Waals surface area contributed by atoms with Crippen LogP contribution in [0.5, 0.6) is 0 Å². The van der Waals surface area contributed by atoms with Crippen molar-refractivity contribution in [3.8, 4) is 0 Å². The van der Waals surface area contributed by atoms with Crippen LogP contribution < -0.4 is 0 Å². The Kier molecular flexibility index (Phi) is 3.56. The Hall–Kier alpha value is -1.36. The van der Waals surface area contributed by atoms with Gasteiger partial charge in [-0.1, -0.05) is 32.4 Å². The van der Waals surface area contributed by atoms with Gasteiger partial charge in [0.2, 0.25) is 0 Å². The lowest BCUT2D eigenvalue weighted by atomic mass is 9.98. The molecule has 3 aromatic rings. The fraction of sp³-hybridized carbons (Fsp3) is 0.312. The normalized spacial score (nSPS) is 13.8. The molecule has 1 unspecified atom stereocenters. The Bertz CT molecular complexity index is 785. The lowest BCUT2D eigenvalue weighted by molar-refractivity contribution is 0.188. The third-order valence-electron chi connectivity index (χ3n) is 3.21. The predicted molar refractivity (Wildman–Crippen MR) is 86.1 cm³/mol. The highest BCUT2D eigenvalue weighted by Gasteiger charge is 2.23. The Balaban J connectivity index is 1.96. The molecule has 0 bridgehead atoms. The molecule has 3 nitrogen and oxygen atoms in total. The molecule has 0 aliphatic heterocycles. The van der Waals surface area contributed by atoms with Crippen LogP contribution in [0.25, 0.3) is 11.0 Å². The second-order valence-electron chi connectivity index (χ2n) is 6.06. The number of aliphatic hydroxyl groups excluding tert-OH is 1. The summed E-state index contributed by atoms with van der Waals surface area (Å²) in [5.74, 6) is 0.484. The fourth-order valence-electron chi connectivity index (χ4n) is 2.07. The van der Waals surface area contributed by atoms with E-state index in [2.05, 4.69) is 25.8 Å². The third-order valence-corrected chi connectivity index (χ3v) is 4.73. The maximum absolute atomic E-state index is 10.5. The molecule has 0 aliphatic carbocycles. The number of hydrogen-bond acceptors (Lipinski definition) is 4. The summed E-state index contributed by atoms with van der Waals surface area (Å²) in [6.45, 7) is 6.31. The van der Waals surface area contributed by atoms with Crippen LogP contribution in [-0.4, -0.2) is 10.1 Å². The molecule has 110 valence electrons. The van der Waals surface area contributed by atoms with Gasteiger partial charge in [0.1, 0.15) is 11.3 Å². The summed E-state index contributed by atoms with van der Waals surface area (Å²) in [5, 5.41) is 14.9. The Morgan fingerprint density at radius 2 is 2.05 bits per heavy atom. The Labute approximate surface area is 132 Å². The minimum absolute atomic E-state index is 0.0238. The van der Waals surface area contributed by atoms with Crippen LogP contribution in [0.3, 0.4) is 0 Å². The van der Waals surface area contributed by atoms with Gasteiger partial charge in [-0.15, -0.1) is 11.3 Å². The summed E-state index contributed by atoms with van der Waals surface area (Å²) < 4.78 is 5.69. The average Bonchev–Trinajstić information content (AvgIpc) is 3.03. The van der Waals surface area contributed by atoms with Crippen molar-refractivity contribution in [1.82, 2.24) is 4.98 Å². The molecule has 1 aromatic carbocycles. The number of hydrogen-bond donors (Lipinski definition) is 1. The highest BCUT2D eigenvalue weighted by atomic mass is 35.5. The first-order valence-electron chi connectivity index (χ1n) is 6.67. The van der Waals surface area contributed by atoms with E-state index in [1.165, 1.54) is 0 Å². The van der Waals surface area contributed by atoms with Crippen LogP contribution in [0.15, 0.2) is 34.1 Å². The quantitative estimate of drug-likeness (QED) is 0.728. The molecule has 0 spiro atoms. The number of aliphatic hydroxyl groups is 1. The van der Waals surface area contributed by atoms with Gasteiger partial charge < -0.3 is 9.52 Å². The molecule has 2 aromatic heterocycles. The summed E-state index contributed by atoms with van der Waals surface area (Å²) >= 11 is 7.52. The van der Waals surface area contributed by atoms with E-state index in [-0.39, 0.29) is 5.41 Å². The number of aromatic nitrogens is 1. The molecule has 0 saturated heterocycles. The second kappa shape index (κ2) is 5.13. The highest BCUT2D eigenvalue weighted by molar-refractivity contribution is 7.09. The maximum Gasteiger partial charge on any atom is 0.154 e. The number of furan rings is 1. The van der Waals surface area contributed by atoms with Gasteiger partial charge in [0.15, 0.2) is 6.10 Å². The van der Waals surface area contributed by atoms with Crippen LogP contribution in [0.1, 0.15) is 43.3 Å². The number of halogens is 1. The average molecular weight is 322 g/mol. The van der Waals surface area contributed by atoms with Gasteiger partial charge in [0, 0.05) is 21.2 Å². The van der Waals surface area contributed by atoms with E-state index in [9.17, 15) is 5.11 Å². The first kappa shape index (κ1) is 14.6. The Morgan fingerprint density at radius 1 is 1.29 bits per heavy atom. The third kappa shape index (κ3) is 2.84. The summed E-state index contributed by atoms with van der Waals surface area (Å²) in [7, 11) is 0. The number of thiazole rings is 1. The van der Waals surface area contributed by atoms with Crippen LogP contribution in [0.2, 0.25) is 5.02 Å². The molecular formula is C16H16ClNO2S. The summed E-state index contributed by atoms with van der Waals surface area (Å²) in [4.78, 5) is 4.53. The first-order valence-corrected chi connectivity index (χ1v) is 7.93. The van der Waals surface area contributed by atoms with Crippen molar-refractivity contribution in [2.24, 2.45) is 0 Å². The van der Waals surface area contributed by atoms with Gasteiger partial charge in [-0.3, -0.25) is 0 Å². The smallest absolute Gasteiger partial charge is 0.154 e. The molecule has 1 atom stereocenters. The lowest BCUT2D eigenvalue weighted by Gasteiger charge is -2.13. The van der Waals surface area contributed by atoms with Gasteiger partial charge in [-0.2, -0.15) is 0 Å². The number of benzene rings is 1. The molecule has 5 heteroatoms. The minimum atomic E-state index is -0.858. The van der Waals surface area contributed by atoms with Crippen molar-refractivity contribution in [2.75, 3.05) is 0 Å². The van der Waals surface area contributed by atoms with E-state index in [4.69, 9.17) is 16.0 Å². The van der Waals surface area contributed by atoms with Crippen molar-refractivity contribution in [2.45, 2.75) is 32.3 Å². The van der Waals surface area contributed by atoms with E-state index in [0.29, 0.717) is 22.1 Å². The van der Waals surface area contributed by atoms with Crippen LogP contribution in [0.4, 0.5) is 0 Å². The molecule has 0 radical (unpaired) electrons. The van der Waals surface area contributed by atoms with Gasteiger partial charge in [0.05, 0.1) is 10.7 Å². The number of rotatable bonds is 2. The van der Waals surface area contributed by atoms with Gasteiger partial charge in [-0.25, -0.2) is 4.98 Å². The van der Waals surface area contributed by atoms with Crippen molar-refractivity contribution in [1.29, 1.82) is 0 Å². The molecular weight excluding hydrogens is 306 g/mol. The van der Waals surface area contributed by atoms with E-state index in [0.717, 1.165) is 10.4 Å². The highest BCUT2D eigenvalue weighted by Crippen LogP contribution is 2.32. The maximum atomic E-state index is 10.5. The molecule has 0 amide bonds. The zero-order chi connectivity index (χ0) is 15.2. The zero-order valence-corrected chi connectivity index (χ0v) is 13.6. The van der Waals surface area contributed by atoms with Gasteiger partial charge in [0.25, 0.3) is 0 Å². The number of fused-ring (bicyclic) bond motifs is 1. The van der Waals surface area contributed by atoms with Crippen molar-refractivity contribution < 1.29 is 9.52 Å². The topological polar surface area (TPSA) is 46.3 Å². The molecule has 2 heterocycles. The van der Waals surface area contributed by atoms with E-state index in [1.54, 1.807) is 23.5 Å². The molecule has 0 fully saturated rings. The molecule has 0 saturated carbocycles. The lowest BCUT2D eigenvalue weighted by Crippen LogP contribution is -2.11. The summed E-state index contributed by atoms with van der Waals surface area (Å²) in [6.07, 6.45) is -0.858. The summed E-state index contributed by atoms with van der Waals surface area (Å²) in [5.41, 5.74) is 1.30. The second-order valence-corrected chi connectivity index (χ2v) is 7.36. The van der Waals surface area contributed by atoms with E-state index >= 15 is 0 Å². The molecule has 0 aliphatic rings. The van der Waals surface area contributed by atoms with Gasteiger partial charge >= 0.3 is 0 Å². The largest absolute Gasteiger partial charge is 0.458 e. The minimum Gasteiger partial charge on any atom is -0.458 e. The van der Waals surface area contributed by atoms with E-state index < -0.39 is 6.10 Å². The van der Waals surface area contributed by atoms with Gasteiger partial charge in [-0.05, 0) is 24.3 Å². The predicted octanol–water partition coefficient (Wildman–Crippen LogP) is 4.92. The van der Waals surface area contributed by atoms with Crippen LogP contribution >= 0.6 is 22.9 Å². The Morgan fingerprint density at radius 3 is 2.71 bits per heavy atom. The van der Waals surface area contributed by atoms with Crippen molar-refractivity contribution in [3.05, 3.63) is 51.1 Å². The van der Waals surface area contributed by atoms with Crippen molar-refractivity contribution >= 4 is 33.9 Å². The zero-order valence-electron chi connectivity index (χ0n) is 12.1. The van der Waals surface area contributed by atoms with Crippen LogP contribution in [0, 0.1) is 0 Å². The van der Waals surface area contributed by atoms with E-state index in [1.807, 2.05) is 17.5 Å². The van der Waals surface area contributed by atoms with Crippen LogP contribution in [-0.2, 0) is 5.41 Å². The molecule has 21 heavy (non-hydrogen) atoms. The molecule has 3 rings (SSSR count). The monoisotopic (exact) mass is 321 g/mol.